The first-order valence-electron chi connectivity index (χ1n) is 10.9. The summed E-state index contributed by atoms with van der Waals surface area (Å²) in [5.74, 6) is 0.880. The van der Waals surface area contributed by atoms with E-state index in [0.29, 0.717) is 19.3 Å². The number of amides is 1. The van der Waals surface area contributed by atoms with Crippen LogP contribution in [0.25, 0.3) is 0 Å². The Bertz CT molecular complexity index is 687. The SMILES string of the molecule is CCNC(=NCc1cccc(NC(=O)C2CCCO2)c1)N1CCC(OCC)CC1.I. The van der Waals surface area contributed by atoms with E-state index in [1.165, 1.54) is 0 Å². The fourth-order valence-corrected chi connectivity index (χ4v) is 3.82. The van der Waals surface area contributed by atoms with E-state index < -0.39 is 0 Å². The van der Waals surface area contributed by atoms with Crippen molar-refractivity contribution < 1.29 is 14.3 Å². The van der Waals surface area contributed by atoms with Gasteiger partial charge in [0.05, 0.1) is 12.6 Å². The first-order chi connectivity index (χ1) is 14.2. The molecule has 2 aliphatic heterocycles. The molecule has 168 valence electrons. The maximum absolute atomic E-state index is 12.3. The van der Waals surface area contributed by atoms with Crippen LogP contribution in [-0.2, 0) is 20.8 Å². The topological polar surface area (TPSA) is 75.2 Å². The van der Waals surface area contributed by atoms with Crippen molar-refractivity contribution in [3.63, 3.8) is 0 Å². The summed E-state index contributed by atoms with van der Waals surface area (Å²) in [4.78, 5) is 19.4. The minimum absolute atomic E-state index is 0. The van der Waals surface area contributed by atoms with Crippen LogP contribution in [-0.4, -0.2) is 61.8 Å². The molecule has 0 saturated carbocycles. The Morgan fingerprint density at radius 3 is 2.73 bits per heavy atom. The van der Waals surface area contributed by atoms with Gasteiger partial charge in [0.1, 0.15) is 6.10 Å². The molecule has 1 atom stereocenters. The zero-order valence-electron chi connectivity index (χ0n) is 18.1. The lowest BCUT2D eigenvalue weighted by atomic mass is 10.1. The van der Waals surface area contributed by atoms with Crippen molar-refractivity contribution in [2.24, 2.45) is 4.99 Å². The third-order valence-electron chi connectivity index (χ3n) is 5.31. The first kappa shape index (κ1) is 24.9. The molecule has 30 heavy (non-hydrogen) atoms. The average molecular weight is 530 g/mol. The van der Waals surface area contributed by atoms with Crippen LogP contribution < -0.4 is 10.6 Å². The quantitative estimate of drug-likeness (QED) is 0.321. The van der Waals surface area contributed by atoms with Crippen LogP contribution >= 0.6 is 24.0 Å². The van der Waals surface area contributed by atoms with Crippen LogP contribution in [0.5, 0.6) is 0 Å². The number of hydrogen-bond donors (Lipinski definition) is 2. The monoisotopic (exact) mass is 530 g/mol. The van der Waals surface area contributed by atoms with E-state index in [1.807, 2.05) is 24.3 Å². The highest BCUT2D eigenvalue weighted by molar-refractivity contribution is 14.0. The number of nitrogens with one attached hydrogen (secondary N) is 2. The zero-order valence-corrected chi connectivity index (χ0v) is 20.4. The predicted molar refractivity (Wildman–Crippen MR) is 130 cm³/mol. The number of rotatable bonds is 7. The van der Waals surface area contributed by atoms with Crippen molar-refractivity contribution in [1.82, 2.24) is 10.2 Å². The van der Waals surface area contributed by atoms with E-state index in [1.54, 1.807) is 0 Å². The van der Waals surface area contributed by atoms with E-state index in [2.05, 4.69) is 29.4 Å². The van der Waals surface area contributed by atoms with Gasteiger partial charge < -0.3 is 25.0 Å². The van der Waals surface area contributed by atoms with Gasteiger partial charge in [-0.1, -0.05) is 12.1 Å². The van der Waals surface area contributed by atoms with Crippen LogP contribution in [0.2, 0.25) is 0 Å². The van der Waals surface area contributed by atoms with E-state index in [0.717, 1.165) is 69.1 Å². The van der Waals surface area contributed by atoms with Crippen molar-refractivity contribution in [2.75, 3.05) is 38.2 Å². The molecule has 2 fully saturated rings. The highest BCUT2D eigenvalue weighted by Gasteiger charge is 2.24. The van der Waals surface area contributed by atoms with Gasteiger partial charge in [-0.25, -0.2) is 4.99 Å². The standard InChI is InChI=1S/C22H34N4O3.HI/c1-3-23-22(26-12-10-19(11-13-26)28-4-2)24-16-17-7-5-8-18(15-17)25-21(27)20-9-6-14-29-20;/h5,7-8,15,19-20H,3-4,6,9-14,16H2,1-2H3,(H,23,24)(H,25,27);1H. The van der Waals surface area contributed by atoms with Gasteiger partial charge in [-0.3, -0.25) is 4.79 Å². The van der Waals surface area contributed by atoms with Crippen LogP contribution in [0.3, 0.4) is 0 Å². The number of aliphatic imine (C=N–C) groups is 1. The van der Waals surface area contributed by atoms with E-state index in [4.69, 9.17) is 14.5 Å². The Morgan fingerprint density at radius 2 is 2.07 bits per heavy atom. The highest BCUT2D eigenvalue weighted by Crippen LogP contribution is 2.17. The summed E-state index contributed by atoms with van der Waals surface area (Å²) in [6, 6.07) is 7.89. The molecule has 2 saturated heterocycles. The Labute approximate surface area is 197 Å². The van der Waals surface area contributed by atoms with Gasteiger partial charge in [0.25, 0.3) is 5.91 Å². The molecular weight excluding hydrogens is 495 g/mol. The van der Waals surface area contributed by atoms with E-state index >= 15 is 0 Å². The summed E-state index contributed by atoms with van der Waals surface area (Å²) in [6.45, 7) is 8.89. The van der Waals surface area contributed by atoms with Gasteiger partial charge in [-0.15, -0.1) is 24.0 Å². The Balaban J connectivity index is 0.00000320. The number of likely N-dealkylation sites (tertiary alicyclic amines) is 1. The molecular formula is C22H35IN4O3. The lowest BCUT2D eigenvalue weighted by Gasteiger charge is -2.34. The van der Waals surface area contributed by atoms with Gasteiger partial charge in [0, 0.05) is 38.5 Å². The first-order valence-corrected chi connectivity index (χ1v) is 10.9. The number of carbonyl (C=O) groups excluding carboxylic acids is 1. The summed E-state index contributed by atoms with van der Waals surface area (Å²) in [7, 11) is 0. The summed E-state index contributed by atoms with van der Waals surface area (Å²) in [5, 5.41) is 6.37. The number of ether oxygens (including phenoxy) is 2. The lowest BCUT2D eigenvalue weighted by Crippen LogP contribution is -2.47. The maximum Gasteiger partial charge on any atom is 0.253 e. The van der Waals surface area contributed by atoms with Crippen LogP contribution in [0.1, 0.15) is 45.1 Å². The zero-order chi connectivity index (χ0) is 20.5. The third kappa shape index (κ3) is 7.39. The molecule has 8 heteroatoms. The Kier molecular flexibility index (Phi) is 10.9. The number of carbonyl (C=O) groups is 1. The minimum atomic E-state index is -0.323. The van der Waals surface area contributed by atoms with Crippen molar-refractivity contribution in [3.8, 4) is 0 Å². The molecule has 2 N–H and O–H groups in total. The van der Waals surface area contributed by atoms with E-state index in [-0.39, 0.29) is 36.0 Å². The van der Waals surface area contributed by atoms with Crippen LogP contribution in [0, 0.1) is 0 Å². The third-order valence-corrected chi connectivity index (χ3v) is 5.31. The summed E-state index contributed by atoms with van der Waals surface area (Å²) < 4.78 is 11.2. The molecule has 0 aliphatic carbocycles. The number of piperidine rings is 1. The Hall–Kier alpha value is -1.39. The van der Waals surface area contributed by atoms with Gasteiger partial charge >= 0.3 is 0 Å². The van der Waals surface area contributed by atoms with Gasteiger partial charge in [0.15, 0.2) is 5.96 Å². The molecule has 0 radical (unpaired) electrons. The second-order valence-electron chi connectivity index (χ2n) is 7.50. The minimum Gasteiger partial charge on any atom is -0.378 e. The van der Waals surface area contributed by atoms with E-state index in [9.17, 15) is 4.79 Å². The molecule has 0 bridgehead atoms. The normalized spacial score (nSPS) is 20.0. The highest BCUT2D eigenvalue weighted by atomic mass is 127. The average Bonchev–Trinajstić information content (AvgIpc) is 3.27. The van der Waals surface area contributed by atoms with Crippen molar-refractivity contribution in [1.29, 1.82) is 0 Å². The van der Waals surface area contributed by atoms with Gasteiger partial charge in [0.2, 0.25) is 0 Å². The molecule has 1 aromatic rings. The Morgan fingerprint density at radius 1 is 1.27 bits per heavy atom. The molecule has 0 aromatic heterocycles. The summed E-state index contributed by atoms with van der Waals surface area (Å²) in [6.07, 6.45) is 3.84. The molecule has 1 unspecified atom stereocenters. The second-order valence-corrected chi connectivity index (χ2v) is 7.50. The number of benzene rings is 1. The second kappa shape index (κ2) is 13.1. The van der Waals surface area contributed by atoms with Crippen LogP contribution in [0.4, 0.5) is 5.69 Å². The number of halogens is 1. The molecule has 3 rings (SSSR count). The molecule has 7 nitrogen and oxygen atoms in total. The number of nitrogens with zero attached hydrogens (tertiary/aromatic N) is 2. The van der Waals surface area contributed by atoms with Crippen molar-refractivity contribution in [3.05, 3.63) is 29.8 Å². The van der Waals surface area contributed by atoms with Crippen LogP contribution in [0.15, 0.2) is 29.3 Å². The molecule has 0 spiro atoms. The number of hydrogen-bond acceptors (Lipinski definition) is 4. The fourth-order valence-electron chi connectivity index (χ4n) is 3.82. The molecule has 2 heterocycles. The number of guanidine groups is 1. The smallest absolute Gasteiger partial charge is 0.253 e. The van der Waals surface area contributed by atoms with Gasteiger partial charge in [-0.2, -0.15) is 0 Å². The van der Waals surface area contributed by atoms with Crippen molar-refractivity contribution >= 4 is 41.5 Å². The summed E-state index contributed by atoms with van der Waals surface area (Å²) >= 11 is 0. The van der Waals surface area contributed by atoms with Gasteiger partial charge in [-0.05, 0) is 57.2 Å². The largest absolute Gasteiger partial charge is 0.378 e. The predicted octanol–water partition coefficient (Wildman–Crippen LogP) is 3.39. The molecule has 2 aliphatic rings. The lowest BCUT2D eigenvalue weighted by molar-refractivity contribution is -0.124. The number of anilines is 1. The summed E-state index contributed by atoms with van der Waals surface area (Å²) in [5.41, 5.74) is 1.86. The molecule has 1 aromatic carbocycles. The van der Waals surface area contributed by atoms with Crippen molar-refractivity contribution in [2.45, 2.75) is 58.3 Å². The maximum atomic E-state index is 12.3. The fraction of sp³-hybridized carbons (Fsp3) is 0.636. The molecule has 1 amide bonds.